The lowest BCUT2D eigenvalue weighted by Gasteiger charge is -2.18. The third-order valence-electron chi connectivity index (χ3n) is 0.757. The van der Waals surface area contributed by atoms with Crippen molar-refractivity contribution in [1.29, 1.82) is 0 Å². The van der Waals surface area contributed by atoms with Crippen molar-refractivity contribution in [2.45, 2.75) is 38.4 Å². The summed E-state index contributed by atoms with van der Waals surface area (Å²) in [6, 6.07) is 0. The first-order valence-electron chi connectivity index (χ1n) is 3.24. The molecule has 4 heteroatoms. The molecule has 0 aliphatic heterocycles. The Balaban J connectivity index is 4.11. The minimum absolute atomic E-state index is 0.434. The van der Waals surface area contributed by atoms with Crippen molar-refractivity contribution in [2.75, 3.05) is 0 Å². The average molecular weight is 182 g/mol. The number of alkyl halides is 2. The molecule has 0 aliphatic rings. The lowest BCUT2D eigenvalue weighted by atomic mass is 10.3. The number of carbonyl (C=O) groups is 1. The number of hydrogen-bond acceptors (Lipinski definition) is 2. The summed E-state index contributed by atoms with van der Waals surface area (Å²) in [6.45, 7) is 5.79. The van der Waals surface area contributed by atoms with Crippen LogP contribution in [-0.4, -0.2) is 15.8 Å². The van der Waals surface area contributed by atoms with Crippen molar-refractivity contribution in [1.82, 2.24) is 0 Å². The smallest absolute Gasteiger partial charge is 0.280 e. The summed E-state index contributed by atoms with van der Waals surface area (Å²) >= 11 is 0.675. The Morgan fingerprint density at radius 3 is 1.64 bits per heavy atom. The molecule has 0 aromatic rings. The van der Waals surface area contributed by atoms with Crippen LogP contribution in [0.1, 0.15) is 27.7 Å². The third-order valence-corrected chi connectivity index (χ3v) is 1.91. The Morgan fingerprint density at radius 1 is 1.18 bits per heavy atom. The largest absolute Gasteiger partial charge is 0.312 e. The van der Waals surface area contributed by atoms with Crippen molar-refractivity contribution in [2.24, 2.45) is 0 Å². The van der Waals surface area contributed by atoms with E-state index in [9.17, 15) is 13.6 Å². The molecule has 0 aromatic carbocycles. The van der Waals surface area contributed by atoms with E-state index in [4.69, 9.17) is 0 Å². The summed E-state index contributed by atoms with van der Waals surface area (Å²) in [4.78, 5) is 10.7. The van der Waals surface area contributed by atoms with Crippen LogP contribution in [0.2, 0.25) is 0 Å². The second kappa shape index (κ2) is 3.09. The minimum atomic E-state index is -3.21. The SMILES string of the molecule is CC(C)(C)SC(=O)C(C)(F)F. The van der Waals surface area contributed by atoms with Crippen LogP contribution in [0, 0.1) is 0 Å². The van der Waals surface area contributed by atoms with Gasteiger partial charge in [0.1, 0.15) is 0 Å². The molecule has 0 aromatic heterocycles. The highest BCUT2D eigenvalue weighted by Gasteiger charge is 2.35. The van der Waals surface area contributed by atoms with Gasteiger partial charge in [0.25, 0.3) is 5.12 Å². The Morgan fingerprint density at radius 2 is 1.55 bits per heavy atom. The fraction of sp³-hybridized carbons (Fsp3) is 0.857. The first-order chi connectivity index (χ1) is 4.63. The monoisotopic (exact) mass is 182 g/mol. The second-order valence-corrected chi connectivity index (χ2v) is 5.19. The van der Waals surface area contributed by atoms with Crippen LogP contribution in [0.4, 0.5) is 8.78 Å². The van der Waals surface area contributed by atoms with Gasteiger partial charge in [0.2, 0.25) is 0 Å². The van der Waals surface area contributed by atoms with Gasteiger partial charge in [0, 0.05) is 11.7 Å². The van der Waals surface area contributed by atoms with E-state index in [2.05, 4.69) is 0 Å². The molecule has 0 saturated heterocycles. The summed E-state index contributed by atoms with van der Waals surface area (Å²) in [6.07, 6.45) is 0. The topological polar surface area (TPSA) is 17.1 Å². The van der Waals surface area contributed by atoms with E-state index in [1.54, 1.807) is 20.8 Å². The van der Waals surface area contributed by atoms with Crippen molar-refractivity contribution in [3.05, 3.63) is 0 Å². The van der Waals surface area contributed by atoms with E-state index in [1.807, 2.05) is 0 Å². The van der Waals surface area contributed by atoms with Crippen LogP contribution >= 0.6 is 11.8 Å². The number of rotatable bonds is 1. The average Bonchev–Trinajstić information content (AvgIpc) is 1.56. The van der Waals surface area contributed by atoms with Crippen LogP contribution < -0.4 is 0 Å². The fourth-order valence-corrected chi connectivity index (χ4v) is 1.10. The zero-order valence-corrected chi connectivity index (χ0v) is 7.89. The van der Waals surface area contributed by atoms with Crippen LogP contribution in [0.25, 0.3) is 0 Å². The molecular weight excluding hydrogens is 170 g/mol. The molecule has 0 fully saturated rings. The number of hydrogen-bond donors (Lipinski definition) is 0. The van der Waals surface area contributed by atoms with Crippen LogP contribution in [0.15, 0.2) is 0 Å². The van der Waals surface area contributed by atoms with E-state index in [0.717, 1.165) is 0 Å². The van der Waals surface area contributed by atoms with Gasteiger partial charge in [-0.1, -0.05) is 32.5 Å². The van der Waals surface area contributed by atoms with Crippen molar-refractivity contribution >= 4 is 16.9 Å². The molecule has 0 N–H and O–H groups in total. The molecule has 0 unspecified atom stereocenters. The van der Waals surface area contributed by atoms with Crippen molar-refractivity contribution in [3.63, 3.8) is 0 Å². The maximum atomic E-state index is 12.3. The predicted octanol–water partition coefficient (Wildman–Crippen LogP) is 2.70. The van der Waals surface area contributed by atoms with E-state index in [0.29, 0.717) is 18.7 Å². The highest BCUT2D eigenvalue weighted by Crippen LogP contribution is 2.30. The summed E-state index contributed by atoms with van der Waals surface area (Å²) in [7, 11) is 0. The minimum Gasteiger partial charge on any atom is -0.280 e. The highest BCUT2D eigenvalue weighted by atomic mass is 32.2. The van der Waals surface area contributed by atoms with E-state index >= 15 is 0 Å². The third kappa shape index (κ3) is 5.18. The second-order valence-electron chi connectivity index (χ2n) is 3.39. The zero-order chi connectivity index (χ0) is 9.28. The van der Waals surface area contributed by atoms with Crippen molar-refractivity contribution in [3.8, 4) is 0 Å². The number of thioether (sulfide) groups is 1. The molecule has 11 heavy (non-hydrogen) atoms. The standard InChI is InChI=1S/C7H12F2OS/c1-6(2,3)11-5(10)7(4,8)9/h1-4H3. The molecule has 1 nitrogen and oxygen atoms in total. The molecule has 66 valence electrons. The molecule has 0 radical (unpaired) electrons. The summed E-state index contributed by atoms with van der Waals surface area (Å²) in [5, 5.41) is -1.06. The van der Waals surface area contributed by atoms with Crippen LogP contribution in [0.5, 0.6) is 0 Å². The summed E-state index contributed by atoms with van der Waals surface area (Å²) in [5.74, 6) is -3.21. The Hall–Kier alpha value is -0.120. The molecule has 0 bridgehead atoms. The normalized spacial score (nSPS) is 13.3. The summed E-state index contributed by atoms with van der Waals surface area (Å²) in [5.41, 5.74) is 0. The van der Waals surface area contributed by atoms with Gasteiger partial charge in [0.15, 0.2) is 0 Å². The van der Waals surface area contributed by atoms with E-state index < -0.39 is 15.8 Å². The Labute approximate surface area is 69.5 Å². The van der Waals surface area contributed by atoms with Crippen LogP contribution in [0.3, 0.4) is 0 Å². The van der Waals surface area contributed by atoms with E-state index in [-0.39, 0.29) is 0 Å². The van der Waals surface area contributed by atoms with Gasteiger partial charge >= 0.3 is 5.92 Å². The number of halogens is 2. The van der Waals surface area contributed by atoms with E-state index in [1.165, 1.54) is 0 Å². The van der Waals surface area contributed by atoms with Gasteiger partial charge in [-0.2, -0.15) is 8.78 Å². The predicted molar refractivity (Wildman–Crippen MR) is 43.0 cm³/mol. The molecular formula is C7H12F2OS. The number of carbonyl (C=O) groups excluding carboxylic acids is 1. The van der Waals surface area contributed by atoms with Gasteiger partial charge in [-0.3, -0.25) is 4.79 Å². The lowest BCUT2D eigenvalue weighted by Crippen LogP contribution is -2.25. The molecule has 0 rings (SSSR count). The molecule has 0 amide bonds. The fourth-order valence-electron chi connectivity index (χ4n) is 0.368. The first kappa shape index (κ1) is 10.9. The van der Waals surface area contributed by atoms with Gasteiger partial charge in [-0.25, -0.2) is 0 Å². The zero-order valence-electron chi connectivity index (χ0n) is 7.07. The van der Waals surface area contributed by atoms with Gasteiger partial charge in [-0.15, -0.1) is 0 Å². The maximum absolute atomic E-state index is 12.3. The molecule has 0 spiro atoms. The quantitative estimate of drug-likeness (QED) is 0.620. The lowest BCUT2D eigenvalue weighted by molar-refractivity contribution is -0.130. The van der Waals surface area contributed by atoms with Crippen LogP contribution in [-0.2, 0) is 4.79 Å². The van der Waals surface area contributed by atoms with Gasteiger partial charge < -0.3 is 0 Å². The summed E-state index contributed by atoms with van der Waals surface area (Å²) < 4.78 is 24.1. The molecule has 0 heterocycles. The first-order valence-corrected chi connectivity index (χ1v) is 4.06. The Kier molecular flexibility index (Phi) is 3.06. The Bertz CT molecular complexity index is 155. The molecule has 0 saturated carbocycles. The van der Waals surface area contributed by atoms with Gasteiger partial charge in [0.05, 0.1) is 0 Å². The highest BCUT2D eigenvalue weighted by molar-refractivity contribution is 8.14. The molecule has 0 atom stereocenters. The van der Waals surface area contributed by atoms with Gasteiger partial charge in [-0.05, 0) is 0 Å². The maximum Gasteiger partial charge on any atom is 0.312 e. The molecule has 0 aliphatic carbocycles. The van der Waals surface area contributed by atoms with Crippen molar-refractivity contribution < 1.29 is 13.6 Å².